The minimum Gasteiger partial charge on any atom is -0.309 e. The highest BCUT2D eigenvalue weighted by Gasteiger charge is 2.50. The quantitative estimate of drug-likeness (QED) is 0.106. The molecule has 2 unspecified atom stereocenters. The van der Waals surface area contributed by atoms with Gasteiger partial charge < -0.3 is 4.57 Å². The normalized spacial score (nSPS) is 15.6. The first-order valence-corrected chi connectivity index (χ1v) is 26.2. The molecule has 2 bridgehead atoms. The largest absolute Gasteiger partial charge is 0.309 e. The minimum atomic E-state index is -3.81. The van der Waals surface area contributed by atoms with Gasteiger partial charge in [-0.2, -0.15) is 0 Å². The lowest BCUT2D eigenvalue weighted by Crippen LogP contribution is -2.75. The summed E-state index contributed by atoms with van der Waals surface area (Å²) in [6.07, 6.45) is 0. The Hall–Kier alpha value is -8.56. The van der Waals surface area contributed by atoms with Crippen LogP contribution in [0, 0.1) is 0 Å². The number of nitrogens with zero attached hydrogens (tertiary/aromatic N) is 1. The Morgan fingerprint density at radius 1 is 0.357 bits per heavy atom. The maximum absolute atomic E-state index is 9.84. The van der Waals surface area contributed by atoms with Crippen molar-refractivity contribution in [1.82, 2.24) is 4.57 Å². The van der Waals surface area contributed by atoms with Crippen molar-refractivity contribution in [1.29, 1.82) is 0 Å². The maximum Gasteiger partial charge on any atom is 0.179 e. The Kier molecular flexibility index (Phi) is 8.28. The molecular weight excluding hydrogens is 859 g/mol. The standard InChI is InChI=1S/C68H47NSi/c1-6-23-46(24-7-1)52-36-20-37-53(47-25-8-2-9-26-47)64(52)48-43-44-61-59(45-48)54-33-18-19-40-60(54)69(61)62-41-21-38-57-65-55-34-16-17-35-56(55)68(66(57)62)67-58(65)39-22-42-63(67)70(49-27-10-3-11-28-49,50-29-12-4-13-30-50)51-31-14-5-15-32-51/h1-45,65,68H/i3D,10D,11D,27D,28D. The molecule has 0 radical (unpaired) electrons. The SMILES string of the molecule is [2H]c1c([2H])c([2H])c([Si](c2ccccc2)(c2ccccc2)c2cccc3c2C2c4ccccc4C3c3cccc(-n4c5ccccc5c5cc(-c6c(-c7ccccc7)cccc6-c6ccccc6)ccc54)c32)c([2H])c1[2H]. The predicted octanol–water partition coefficient (Wildman–Crippen LogP) is 14.1. The molecule has 0 saturated heterocycles. The molecule has 1 aromatic heterocycles. The molecule has 12 aromatic rings. The van der Waals surface area contributed by atoms with E-state index in [0.717, 1.165) is 65.3 Å². The topological polar surface area (TPSA) is 4.93 Å². The molecule has 3 aliphatic rings. The van der Waals surface area contributed by atoms with E-state index in [1.165, 1.54) is 44.5 Å². The van der Waals surface area contributed by atoms with E-state index >= 15 is 0 Å². The average Bonchev–Trinajstić information content (AvgIpc) is 3.82. The van der Waals surface area contributed by atoms with Crippen LogP contribution < -0.4 is 20.7 Å². The van der Waals surface area contributed by atoms with Crippen LogP contribution in [0.2, 0.25) is 0 Å². The number of aromatic nitrogens is 1. The van der Waals surface area contributed by atoms with Crippen LogP contribution in [0.15, 0.2) is 273 Å². The Labute approximate surface area is 417 Å². The highest BCUT2D eigenvalue weighted by molar-refractivity contribution is 7.20. The highest BCUT2D eigenvalue weighted by Crippen LogP contribution is 2.57. The second kappa shape index (κ2) is 16.3. The lowest BCUT2D eigenvalue weighted by molar-refractivity contribution is 0.752. The van der Waals surface area contributed by atoms with Gasteiger partial charge in [0.1, 0.15) is 0 Å². The molecule has 0 amide bonds. The monoisotopic (exact) mass is 910 g/mol. The van der Waals surface area contributed by atoms with Crippen LogP contribution in [0.4, 0.5) is 0 Å². The minimum absolute atomic E-state index is 0.125. The van der Waals surface area contributed by atoms with Gasteiger partial charge in [0.15, 0.2) is 8.07 Å². The summed E-state index contributed by atoms with van der Waals surface area (Å²) in [6.45, 7) is 0. The van der Waals surface area contributed by atoms with Gasteiger partial charge in [0.2, 0.25) is 0 Å². The van der Waals surface area contributed by atoms with Gasteiger partial charge in [-0.15, -0.1) is 0 Å². The molecule has 0 spiro atoms. The van der Waals surface area contributed by atoms with Gasteiger partial charge in [-0.1, -0.05) is 249 Å². The molecule has 11 aromatic carbocycles. The lowest BCUT2D eigenvalue weighted by atomic mass is 9.60. The van der Waals surface area contributed by atoms with Gasteiger partial charge in [-0.25, -0.2) is 0 Å². The fourth-order valence-corrected chi connectivity index (χ4v) is 17.2. The third kappa shape index (κ3) is 5.97. The number of hydrogen-bond donors (Lipinski definition) is 0. The van der Waals surface area contributed by atoms with Crippen molar-refractivity contribution in [2.75, 3.05) is 0 Å². The Bertz CT molecular complexity index is 4120. The lowest BCUT2D eigenvalue weighted by Gasteiger charge is -2.46. The number of fused-ring (bicyclic) bond motifs is 3. The first-order chi connectivity index (χ1) is 36.9. The van der Waals surface area contributed by atoms with Crippen molar-refractivity contribution in [3.63, 3.8) is 0 Å². The third-order valence-electron chi connectivity index (χ3n) is 15.2. The molecule has 0 saturated carbocycles. The summed E-state index contributed by atoms with van der Waals surface area (Å²) in [5.41, 5.74) is 17.6. The number of para-hydroxylation sites is 1. The van der Waals surface area contributed by atoms with Gasteiger partial charge in [-0.3, -0.25) is 0 Å². The second-order valence-electron chi connectivity index (χ2n) is 18.6. The van der Waals surface area contributed by atoms with Crippen LogP contribution in [0.1, 0.15) is 52.1 Å². The molecule has 0 N–H and O–H groups in total. The van der Waals surface area contributed by atoms with Crippen molar-refractivity contribution in [3.8, 4) is 39.1 Å². The van der Waals surface area contributed by atoms with Crippen molar-refractivity contribution in [2.24, 2.45) is 0 Å². The molecule has 2 atom stereocenters. The first kappa shape index (κ1) is 35.6. The Morgan fingerprint density at radius 3 is 1.53 bits per heavy atom. The summed E-state index contributed by atoms with van der Waals surface area (Å²) in [4.78, 5) is 0. The zero-order chi connectivity index (χ0) is 50.5. The van der Waals surface area contributed by atoms with Crippen molar-refractivity contribution < 1.29 is 6.85 Å². The van der Waals surface area contributed by atoms with E-state index in [1.807, 2.05) is 36.4 Å². The predicted molar refractivity (Wildman–Crippen MR) is 295 cm³/mol. The summed E-state index contributed by atoms with van der Waals surface area (Å²) < 4.78 is 49.3. The molecule has 0 aliphatic heterocycles. The smallest absolute Gasteiger partial charge is 0.179 e. The number of hydrogen-bond acceptors (Lipinski definition) is 0. The van der Waals surface area contributed by atoms with E-state index in [2.05, 4.69) is 211 Å². The Balaban J connectivity index is 1.06. The van der Waals surface area contributed by atoms with Crippen LogP contribution in [-0.2, 0) is 0 Å². The summed E-state index contributed by atoms with van der Waals surface area (Å²) in [6, 6.07) is 85.3. The second-order valence-corrected chi connectivity index (χ2v) is 22.3. The third-order valence-corrected chi connectivity index (χ3v) is 19.8. The maximum atomic E-state index is 9.84. The summed E-state index contributed by atoms with van der Waals surface area (Å²) in [7, 11) is -3.81. The fourth-order valence-electron chi connectivity index (χ4n) is 12.5. The first-order valence-electron chi connectivity index (χ1n) is 26.7. The fraction of sp³-hybridized carbons (Fsp3) is 0.0294. The van der Waals surface area contributed by atoms with Gasteiger partial charge in [-0.05, 0) is 112 Å². The van der Waals surface area contributed by atoms with Gasteiger partial charge in [0.25, 0.3) is 0 Å². The molecule has 0 fully saturated rings. The molecule has 15 rings (SSSR count). The van der Waals surface area contributed by atoms with Gasteiger partial charge in [0, 0.05) is 22.6 Å². The zero-order valence-electron chi connectivity index (χ0n) is 43.2. The molecule has 3 aliphatic carbocycles. The number of benzene rings is 11. The van der Waals surface area contributed by atoms with Crippen LogP contribution >= 0.6 is 0 Å². The zero-order valence-corrected chi connectivity index (χ0v) is 39.2. The summed E-state index contributed by atoms with van der Waals surface area (Å²) >= 11 is 0. The van der Waals surface area contributed by atoms with Gasteiger partial charge >= 0.3 is 0 Å². The average molecular weight is 911 g/mol. The van der Waals surface area contributed by atoms with Crippen LogP contribution in [0.5, 0.6) is 0 Å². The molecule has 2 heteroatoms. The Morgan fingerprint density at radius 2 is 0.871 bits per heavy atom. The van der Waals surface area contributed by atoms with Crippen LogP contribution in [0.25, 0.3) is 60.9 Å². The molecule has 1 nitrogen and oxygen atoms in total. The van der Waals surface area contributed by atoms with E-state index < -0.39 is 14.1 Å². The van der Waals surface area contributed by atoms with Crippen LogP contribution in [0.3, 0.4) is 0 Å². The van der Waals surface area contributed by atoms with Crippen LogP contribution in [-0.4, -0.2) is 12.6 Å². The highest BCUT2D eigenvalue weighted by atomic mass is 28.3. The van der Waals surface area contributed by atoms with Crippen molar-refractivity contribution in [3.05, 3.63) is 306 Å². The summed E-state index contributed by atoms with van der Waals surface area (Å²) in [5.74, 6) is -0.394. The van der Waals surface area contributed by atoms with Crippen molar-refractivity contribution in [2.45, 2.75) is 11.8 Å². The molecular formula is C68H47NSi. The van der Waals surface area contributed by atoms with E-state index in [-0.39, 0.29) is 36.0 Å². The van der Waals surface area contributed by atoms with E-state index in [0.29, 0.717) is 5.19 Å². The van der Waals surface area contributed by atoms with E-state index in [9.17, 15) is 5.48 Å². The van der Waals surface area contributed by atoms with Gasteiger partial charge in [0.05, 0.1) is 23.6 Å². The summed E-state index contributed by atoms with van der Waals surface area (Å²) in [5, 5.41) is 5.62. The van der Waals surface area contributed by atoms with Crippen molar-refractivity contribution >= 4 is 50.6 Å². The van der Waals surface area contributed by atoms with E-state index in [4.69, 9.17) is 1.37 Å². The molecule has 70 heavy (non-hydrogen) atoms. The number of rotatable bonds is 8. The molecule has 1 heterocycles. The molecule has 328 valence electrons. The van der Waals surface area contributed by atoms with E-state index in [1.54, 1.807) is 0 Å².